The largest absolute Gasteiger partial charge is 0.394 e. The van der Waals surface area contributed by atoms with Crippen LogP contribution in [0.3, 0.4) is 0 Å². The minimum atomic E-state index is -0.125. The van der Waals surface area contributed by atoms with E-state index in [1.165, 1.54) is 0 Å². The summed E-state index contributed by atoms with van der Waals surface area (Å²) in [6.45, 7) is 1.15. The number of carbonyl (C=O) groups excluding carboxylic acids is 1. The molecule has 21 heavy (non-hydrogen) atoms. The van der Waals surface area contributed by atoms with Crippen molar-refractivity contribution in [1.82, 2.24) is 10.2 Å². The Balaban J connectivity index is 1.69. The van der Waals surface area contributed by atoms with Crippen LogP contribution < -0.4 is 5.32 Å². The summed E-state index contributed by atoms with van der Waals surface area (Å²) in [6, 6.07) is 7.77. The Morgan fingerprint density at radius 3 is 3.05 bits per heavy atom. The third-order valence-corrected chi connectivity index (χ3v) is 5.56. The standard InChI is InChI=1S/C15H17ClN2O2S/c16-14-11-5-1-2-6-12(11)21-13(14)8-17-15(20)18-7-3-4-10(18)9-19/h1-2,5-6,10,19H,3-4,7-9H2,(H,17,20). The highest BCUT2D eigenvalue weighted by Crippen LogP contribution is 2.35. The van der Waals surface area contributed by atoms with Gasteiger partial charge >= 0.3 is 6.03 Å². The lowest BCUT2D eigenvalue weighted by Crippen LogP contribution is -2.43. The van der Waals surface area contributed by atoms with Gasteiger partial charge in [-0.3, -0.25) is 0 Å². The Hall–Kier alpha value is -1.30. The van der Waals surface area contributed by atoms with Gasteiger partial charge in [0.15, 0.2) is 0 Å². The third-order valence-electron chi connectivity index (χ3n) is 3.85. The summed E-state index contributed by atoms with van der Waals surface area (Å²) in [5, 5.41) is 13.9. The fraction of sp³-hybridized carbons (Fsp3) is 0.400. The average molecular weight is 325 g/mol. The quantitative estimate of drug-likeness (QED) is 0.910. The zero-order valence-corrected chi connectivity index (χ0v) is 13.1. The number of hydrogen-bond acceptors (Lipinski definition) is 3. The maximum Gasteiger partial charge on any atom is 0.318 e. The van der Waals surface area contributed by atoms with Gasteiger partial charge in [0.25, 0.3) is 0 Å². The van der Waals surface area contributed by atoms with Gasteiger partial charge < -0.3 is 15.3 Å². The van der Waals surface area contributed by atoms with Crippen LogP contribution in [0.5, 0.6) is 0 Å². The molecule has 0 bridgehead atoms. The summed E-state index contributed by atoms with van der Waals surface area (Å²) in [5.74, 6) is 0. The fourth-order valence-corrected chi connectivity index (χ4v) is 4.17. The molecule has 4 nitrogen and oxygen atoms in total. The molecule has 2 heterocycles. The number of thiophene rings is 1. The highest BCUT2D eigenvalue weighted by atomic mass is 35.5. The third kappa shape index (κ3) is 2.86. The molecule has 1 aliphatic rings. The van der Waals surface area contributed by atoms with E-state index in [2.05, 4.69) is 5.32 Å². The van der Waals surface area contributed by atoms with Gasteiger partial charge in [-0.25, -0.2) is 4.79 Å². The molecule has 1 aromatic carbocycles. The van der Waals surface area contributed by atoms with Crippen molar-refractivity contribution in [2.24, 2.45) is 0 Å². The van der Waals surface area contributed by atoms with Crippen LogP contribution in [0.4, 0.5) is 4.79 Å². The van der Waals surface area contributed by atoms with Crippen LogP contribution in [0.1, 0.15) is 17.7 Å². The second kappa shape index (κ2) is 6.22. The van der Waals surface area contributed by atoms with E-state index in [1.807, 2.05) is 24.3 Å². The summed E-state index contributed by atoms with van der Waals surface area (Å²) in [5.41, 5.74) is 0. The van der Waals surface area contributed by atoms with Crippen LogP contribution in [0.25, 0.3) is 10.1 Å². The SMILES string of the molecule is O=C(NCc1sc2ccccc2c1Cl)N1CCCC1CO. The molecule has 1 unspecified atom stereocenters. The lowest BCUT2D eigenvalue weighted by atomic mass is 10.2. The first kappa shape index (κ1) is 14.6. The van der Waals surface area contributed by atoms with Crippen LogP contribution in [-0.4, -0.2) is 35.2 Å². The van der Waals surface area contributed by atoms with E-state index in [4.69, 9.17) is 11.6 Å². The van der Waals surface area contributed by atoms with Gasteiger partial charge in [0.2, 0.25) is 0 Å². The second-order valence-electron chi connectivity index (χ2n) is 5.17. The number of aliphatic hydroxyl groups is 1. The minimum Gasteiger partial charge on any atom is -0.394 e. The number of nitrogens with zero attached hydrogens (tertiary/aromatic N) is 1. The molecule has 1 aromatic heterocycles. The number of carbonyl (C=O) groups is 1. The van der Waals surface area contributed by atoms with E-state index < -0.39 is 0 Å². The zero-order valence-electron chi connectivity index (χ0n) is 11.5. The van der Waals surface area contributed by atoms with Crippen molar-refractivity contribution in [1.29, 1.82) is 0 Å². The molecule has 2 amide bonds. The smallest absolute Gasteiger partial charge is 0.318 e. The maximum absolute atomic E-state index is 12.2. The maximum atomic E-state index is 12.2. The zero-order chi connectivity index (χ0) is 14.8. The van der Waals surface area contributed by atoms with E-state index in [0.29, 0.717) is 13.1 Å². The van der Waals surface area contributed by atoms with Crippen molar-refractivity contribution in [2.45, 2.75) is 25.4 Å². The summed E-state index contributed by atoms with van der Waals surface area (Å²) < 4.78 is 1.13. The lowest BCUT2D eigenvalue weighted by Gasteiger charge is -2.23. The van der Waals surface area contributed by atoms with Crippen LogP contribution in [0.2, 0.25) is 5.02 Å². The fourth-order valence-electron chi connectivity index (χ4n) is 2.73. The van der Waals surface area contributed by atoms with Crippen molar-refractivity contribution in [3.05, 3.63) is 34.2 Å². The Bertz CT molecular complexity index is 658. The van der Waals surface area contributed by atoms with Crippen molar-refractivity contribution in [2.75, 3.05) is 13.2 Å². The highest BCUT2D eigenvalue weighted by molar-refractivity contribution is 7.19. The van der Waals surface area contributed by atoms with Gasteiger partial charge in [0, 0.05) is 21.5 Å². The number of hydrogen-bond donors (Lipinski definition) is 2. The molecule has 2 N–H and O–H groups in total. The van der Waals surface area contributed by atoms with Gasteiger partial charge in [-0.2, -0.15) is 0 Å². The number of fused-ring (bicyclic) bond motifs is 1. The predicted molar refractivity (Wildman–Crippen MR) is 85.9 cm³/mol. The van der Waals surface area contributed by atoms with E-state index in [-0.39, 0.29) is 18.7 Å². The van der Waals surface area contributed by atoms with Gasteiger partial charge in [-0.1, -0.05) is 29.8 Å². The Morgan fingerprint density at radius 2 is 2.29 bits per heavy atom. The summed E-state index contributed by atoms with van der Waals surface area (Å²) in [6.07, 6.45) is 1.82. The number of rotatable bonds is 3. The molecule has 0 spiro atoms. The summed E-state index contributed by atoms with van der Waals surface area (Å²) >= 11 is 7.96. The Morgan fingerprint density at radius 1 is 1.48 bits per heavy atom. The first-order chi connectivity index (χ1) is 10.2. The number of urea groups is 1. The van der Waals surface area contributed by atoms with Crippen LogP contribution in [0.15, 0.2) is 24.3 Å². The monoisotopic (exact) mass is 324 g/mol. The molecule has 1 atom stereocenters. The number of nitrogens with one attached hydrogen (secondary N) is 1. The van der Waals surface area contributed by atoms with Gasteiger partial charge in [0.05, 0.1) is 24.2 Å². The van der Waals surface area contributed by atoms with Crippen LogP contribution in [0, 0.1) is 0 Å². The van der Waals surface area contributed by atoms with E-state index in [1.54, 1.807) is 16.2 Å². The molecule has 0 radical (unpaired) electrons. The van der Waals surface area contributed by atoms with Gasteiger partial charge in [-0.05, 0) is 18.9 Å². The van der Waals surface area contributed by atoms with Crippen LogP contribution >= 0.6 is 22.9 Å². The number of halogens is 1. The summed E-state index contributed by atoms with van der Waals surface area (Å²) in [7, 11) is 0. The molecule has 1 saturated heterocycles. The number of aliphatic hydroxyl groups excluding tert-OH is 1. The van der Waals surface area contributed by atoms with E-state index in [9.17, 15) is 9.90 Å². The normalized spacial score (nSPS) is 18.4. The molecular formula is C15H17ClN2O2S. The Kier molecular flexibility index (Phi) is 4.33. The molecule has 0 saturated carbocycles. The predicted octanol–water partition coefficient (Wildman–Crippen LogP) is 3.22. The molecular weight excluding hydrogens is 308 g/mol. The summed E-state index contributed by atoms with van der Waals surface area (Å²) in [4.78, 5) is 14.9. The molecule has 2 aromatic rings. The van der Waals surface area contributed by atoms with Crippen molar-refractivity contribution < 1.29 is 9.90 Å². The molecule has 0 aliphatic carbocycles. The second-order valence-corrected chi connectivity index (χ2v) is 6.68. The van der Waals surface area contributed by atoms with Crippen LogP contribution in [-0.2, 0) is 6.54 Å². The molecule has 6 heteroatoms. The van der Waals surface area contributed by atoms with E-state index >= 15 is 0 Å². The number of amides is 2. The van der Waals surface area contributed by atoms with Crippen molar-refractivity contribution >= 4 is 39.1 Å². The highest BCUT2D eigenvalue weighted by Gasteiger charge is 2.27. The minimum absolute atomic E-state index is 0.0249. The van der Waals surface area contributed by atoms with Gasteiger partial charge in [0.1, 0.15) is 0 Å². The lowest BCUT2D eigenvalue weighted by molar-refractivity contribution is 0.157. The number of benzene rings is 1. The molecule has 1 fully saturated rings. The Labute approximate surface area is 132 Å². The number of likely N-dealkylation sites (tertiary alicyclic amines) is 1. The van der Waals surface area contributed by atoms with E-state index in [0.717, 1.165) is 32.8 Å². The van der Waals surface area contributed by atoms with Crippen molar-refractivity contribution in [3.63, 3.8) is 0 Å². The first-order valence-electron chi connectivity index (χ1n) is 7.02. The van der Waals surface area contributed by atoms with Gasteiger partial charge in [-0.15, -0.1) is 11.3 Å². The average Bonchev–Trinajstić information content (AvgIpc) is 3.10. The van der Waals surface area contributed by atoms with Crippen molar-refractivity contribution in [3.8, 4) is 0 Å². The topological polar surface area (TPSA) is 52.6 Å². The molecule has 1 aliphatic heterocycles. The first-order valence-corrected chi connectivity index (χ1v) is 8.21. The molecule has 112 valence electrons. The molecule has 3 rings (SSSR count).